The van der Waals surface area contributed by atoms with Gasteiger partial charge in [-0.2, -0.15) is 4.39 Å². The summed E-state index contributed by atoms with van der Waals surface area (Å²) < 4.78 is 39.7. The van der Waals surface area contributed by atoms with Crippen LogP contribution in [0.5, 0.6) is 5.75 Å². The number of rotatable bonds is 7. The maximum Gasteiger partial charge on any atom is 0.201 e. The van der Waals surface area contributed by atoms with E-state index in [4.69, 9.17) is 9.47 Å². The maximum absolute atomic E-state index is 14.4. The van der Waals surface area contributed by atoms with Gasteiger partial charge in [0.25, 0.3) is 0 Å². The van der Waals surface area contributed by atoms with Gasteiger partial charge in [0.15, 0.2) is 11.6 Å². The Hall–Kier alpha value is -1.94. The molecule has 0 heterocycles. The van der Waals surface area contributed by atoms with Crippen molar-refractivity contribution in [1.82, 2.24) is 0 Å². The second kappa shape index (κ2) is 8.60. The van der Waals surface area contributed by atoms with Crippen LogP contribution in [-0.2, 0) is 4.74 Å². The van der Waals surface area contributed by atoms with E-state index in [1.54, 1.807) is 13.0 Å². The van der Waals surface area contributed by atoms with Gasteiger partial charge in [0.05, 0.1) is 12.7 Å². The lowest BCUT2D eigenvalue weighted by molar-refractivity contribution is 0.0186. The first-order chi connectivity index (χ1) is 13.7. The molecule has 2 aromatic rings. The Balaban J connectivity index is 1.39. The molecule has 0 aliphatic heterocycles. The van der Waals surface area contributed by atoms with Crippen molar-refractivity contribution in [3.63, 3.8) is 0 Å². The quantitative estimate of drug-likeness (QED) is 0.542. The Kier molecular flexibility index (Phi) is 5.96. The Labute approximate surface area is 165 Å². The van der Waals surface area contributed by atoms with Crippen LogP contribution in [0.25, 0.3) is 11.1 Å². The molecular weight excluding hydrogens is 358 g/mol. The van der Waals surface area contributed by atoms with E-state index in [0.717, 1.165) is 38.2 Å². The molecule has 28 heavy (non-hydrogen) atoms. The van der Waals surface area contributed by atoms with Gasteiger partial charge in [-0.05, 0) is 80.5 Å². The molecule has 4 rings (SSSR count). The fourth-order valence-corrected chi connectivity index (χ4v) is 4.08. The molecule has 0 N–H and O–H groups in total. The maximum atomic E-state index is 14.4. The number of benzene rings is 2. The standard InChI is InChI=1S/C24H28F2O2/c1-2-27-22-14-13-21(23(25)24(22)26)19-7-5-17(6-8-19)18-9-11-20(12-10-18)28-15-16-3-4-16/h5-8,13-14,16,18,20H,2-4,9-12,15H2,1H3. The summed E-state index contributed by atoms with van der Waals surface area (Å²) in [5.41, 5.74) is 2.23. The molecule has 0 bridgehead atoms. The first-order valence-electron chi connectivity index (χ1n) is 10.5. The summed E-state index contributed by atoms with van der Waals surface area (Å²) in [5, 5.41) is 0. The predicted octanol–water partition coefficient (Wildman–Crippen LogP) is 6.48. The molecule has 4 heteroatoms. The Morgan fingerprint density at radius 1 is 0.857 bits per heavy atom. The fourth-order valence-electron chi connectivity index (χ4n) is 4.08. The molecular formula is C24H28F2O2. The van der Waals surface area contributed by atoms with Gasteiger partial charge in [0, 0.05) is 12.2 Å². The average Bonchev–Trinajstić information content (AvgIpc) is 3.55. The van der Waals surface area contributed by atoms with Gasteiger partial charge in [0.1, 0.15) is 0 Å². The van der Waals surface area contributed by atoms with E-state index in [9.17, 15) is 8.78 Å². The summed E-state index contributed by atoms with van der Waals surface area (Å²) in [7, 11) is 0. The van der Waals surface area contributed by atoms with Crippen LogP contribution < -0.4 is 4.74 Å². The minimum Gasteiger partial charge on any atom is -0.491 e. The molecule has 0 spiro atoms. The van der Waals surface area contributed by atoms with Gasteiger partial charge in [0.2, 0.25) is 5.82 Å². The van der Waals surface area contributed by atoms with Crippen molar-refractivity contribution in [2.75, 3.05) is 13.2 Å². The van der Waals surface area contributed by atoms with Crippen molar-refractivity contribution in [2.24, 2.45) is 5.92 Å². The van der Waals surface area contributed by atoms with Crippen LogP contribution in [0.15, 0.2) is 36.4 Å². The number of hydrogen-bond acceptors (Lipinski definition) is 2. The van der Waals surface area contributed by atoms with Gasteiger partial charge in [-0.15, -0.1) is 0 Å². The lowest BCUT2D eigenvalue weighted by Crippen LogP contribution is -2.21. The summed E-state index contributed by atoms with van der Waals surface area (Å²) in [6, 6.07) is 11.0. The van der Waals surface area contributed by atoms with Crippen molar-refractivity contribution in [1.29, 1.82) is 0 Å². The van der Waals surface area contributed by atoms with E-state index in [0.29, 0.717) is 24.2 Å². The number of hydrogen-bond donors (Lipinski definition) is 0. The zero-order valence-electron chi connectivity index (χ0n) is 16.4. The lowest BCUT2D eigenvalue weighted by atomic mass is 9.82. The van der Waals surface area contributed by atoms with Crippen LogP contribution in [0, 0.1) is 17.6 Å². The Morgan fingerprint density at radius 2 is 1.57 bits per heavy atom. The molecule has 0 unspecified atom stereocenters. The molecule has 0 aromatic heterocycles. The third-order valence-corrected chi connectivity index (χ3v) is 5.98. The largest absolute Gasteiger partial charge is 0.491 e. The normalized spacial score (nSPS) is 22.2. The van der Waals surface area contributed by atoms with E-state index in [1.807, 2.05) is 12.1 Å². The smallest absolute Gasteiger partial charge is 0.201 e. The van der Waals surface area contributed by atoms with Crippen LogP contribution in [0.3, 0.4) is 0 Å². The van der Waals surface area contributed by atoms with Gasteiger partial charge in [-0.25, -0.2) is 4.39 Å². The molecule has 2 aromatic carbocycles. The summed E-state index contributed by atoms with van der Waals surface area (Å²) in [6.45, 7) is 2.99. The van der Waals surface area contributed by atoms with E-state index < -0.39 is 11.6 Å². The molecule has 0 atom stereocenters. The third kappa shape index (κ3) is 4.38. The van der Waals surface area contributed by atoms with Gasteiger partial charge >= 0.3 is 0 Å². The SMILES string of the molecule is CCOc1ccc(-c2ccc(C3CCC(OCC4CC4)CC3)cc2)c(F)c1F. The second-order valence-electron chi connectivity index (χ2n) is 8.04. The molecule has 2 fully saturated rings. The molecule has 0 radical (unpaired) electrons. The van der Waals surface area contributed by atoms with Crippen molar-refractivity contribution in [2.45, 2.75) is 57.5 Å². The fraction of sp³-hybridized carbons (Fsp3) is 0.500. The van der Waals surface area contributed by atoms with Crippen LogP contribution in [-0.4, -0.2) is 19.3 Å². The zero-order valence-corrected chi connectivity index (χ0v) is 16.4. The summed E-state index contributed by atoms with van der Waals surface area (Å²) in [5.74, 6) is -0.476. The van der Waals surface area contributed by atoms with Crippen LogP contribution in [0.4, 0.5) is 8.78 Å². The highest BCUT2D eigenvalue weighted by Crippen LogP contribution is 2.37. The van der Waals surface area contributed by atoms with Crippen LogP contribution >= 0.6 is 0 Å². The zero-order chi connectivity index (χ0) is 19.5. The lowest BCUT2D eigenvalue weighted by Gasteiger charge is -2.29. The second-order valence-corrected chi connectivity index (χ2v) is 8.04. The van der Waals surface area contributed by atoms with Crippen LogP contribution in [0.1, 0.15) is 56.9 Å². The Morgan fingerprint density at radius 3 is 2.21 bits per heavy atom. The van der Waals surface area contributed by atoms with E-state index in [1.165, 1.54) is 24.5 Å². The highest BCUT2D eigenvalue weighted by molar-refractivity contribution is 5.65. The van der Waals surface area contributed by atoms with Crippen molar-refractivity contribution in [3.8, 4) is 16.9 Å². The summed E-state index contributed by atoms with van der Waals surface area (Å²) in [6.07, 6.45) is 7.55. The molecule has 2 aliphatic carbocycles. The third-order valence-electron chi connectivity index (χ3n) is 5.98. The van der Waals surface area contributed by atoms with E-state index in [-0.39, 0.29) is 11.3 Å². The first-order valence-corrected chi connectivity index (χ1v) is 10.5. The highest BCUT2D eigenvalue weighted by atomic mass is 19.2. The van der Waals surface area contributed by atoms with Crippen molar-refractivity contribution in [3.05, 3.63) is 53.6 Å². The topological polar surface area (TPSA) is 18.5 Å². The van der Waals surface area contributed by atoms with Crippen LogP contribution in [0.2, 0.25) is 0 Å². The van der Waals surface area contributed by atoms with Gasteiger partial charge in [-0.1, -0.05) is 24.3 Å². The predicted molar refractivity (Wildman–Crippen MR) is 107 cm³/mol. The number of ether oxygens (including phenoxy) is 2. The average molecular weight is 386 g/mol. The monoisotopic (exact) mass is 386 g/mol. The van der Waals surface area contributed by atoms with Gasteiger partial charge in [-0.3, -0.25) is 0 Å². The molecule has 0 saturated heterocycles. The minimum atomic E-state index is -0.923. The summed E-state index contributed by atoms with van der Waals surface area (Å²) >= 11 is 0. The number of halogens is 2. The van der Waals surface area contributed by atoms with Gasteiger partial charge < -0.3 is 9.47 Å². The highest BCUT2D eigenvalue weighted by Gasteiger charge is 2.26. The van der Waals surface area contributed by atoms with E-state index in [2.05, 4.69) is 12.1 Å². The summed E-state index contributed by atoms with van der Waals surface area (Å²) in [4.78, 5) is 0. The molecule has 2 saturated carbocycles. The molecule has 2 nitrogen and oxygen atoms in total. The molecule has 0 amide bonds. The minimum absolute atomic E-state index is 0.0407. The molecule has 150 valence electrons. The molecule has 2 aliphatic rings. The Bertz CT molecular complexity index is 791. The van der Waals surface area contributed by atoms with Crippen molar-refractivity contribution < 1.29 is 18.3 Å². The van der Waals surface area contributed by atoms with Crippen molar-refractivity contribution >= 4 is 0 Å². The van der Waals surface area contributed by atoms with E-state index >= 15 is 0 Å². The first kappa shape index (κ1) is 19.4.